The van der Waals surface area contributed by atoms with Gasteiger partial charge in [0.15, 0.2) is 0 Å². The number of nitriles is 2. The molecule has 0 bridgehead atoms. The first kappa shape index (κ1) is 18.0. The summed E-state index contributed by atoms with van der Waals surface area (Å²) in [7, 11) is 0. The number of nitrogens with zero attached hydrogens (tertiary/aromatic N) is 7. The Morgan fingerprint density at radius 1 is 1.20 bits per heavy atom. The Morgan fingerprint density at radius 2 is 2.07 bits per heavy atom. The lowest BCUT2D eigenvalue weighted by atomic mass is 9.67. The highest BCUT2D eigenvalue weighted by molar-refractivity contribution is 5.93. The van der Waals surface area contributed by atoms with Crippen molar-refractivity contribution in [3.63, 3.8) is 0 Å². The van der Waals surface area contributed by atoms with Crippen LogP contribution in [0.2, 0.25) is 0 Å². The van der Waals surface area contributed by atoms with Gasteiger partial charge in [0.1, 0.15) is 17.1 Å². The summed E-state index contributed by atoms with van der Waals surface area (Å²) in [6, 6.07) is 14.2. The van der Waals surface area contributed by atoms with Gasteiger partial charge in [0, 0.05) is 23.5 Å². The summed E-state index contributed by atoms with van der Waals surface area (Å²) in [4.78, 5) is 9.36. The number of hydrogen-bond acceptors (Lipinski definition) is 6. The van der Waals surface area contributed by atoms with Gasteiger partial charge in [0.2, 0.25) is 0 Å². The maximum Gasteiger partial charge on any atom is 0.112 e. The van der Waals surface area contributed by atoms with Crippen LogP contribution in [0.5, 0.6) is 0 Å². The molecule has 5 rings (SSSR count). The molecule has 0 aromatic carbocycles. The number of rotatable bonds is 4. The van der Waals surface area contributed by atoms with E-state index in [1.54, 1.807) is 12.4 Å². The van der Waals surface area contributed by atoms with Crippen LogP contribution in [0.4, 0.5) is 0 Å². The molecule has 1 aliphatic carbocycles. The first-order valence-electron chi connectivity index (χ1n) is 9.73. The lowest BCUT2D eigenvalue weighted by molar-refractivity contribution is 0.0859. The van der Waals surface area contributed by atoms with E-state index in [1.165, 1.54) is 0 Å². The van der Waals surface area contributed by atoms with Crippen LogP contribution >= 0.6 is 0 Å². The highest BCUT2D eigenvalue weighted by atomic mass is 15.3. The fraction of sp³-hybridized carbons (Fsp3) is 0.273. The fourth-order valence-electron chi connectivity index (χ4n) is 4.36. The maximum atomic E-state index is 9.38. The summed E-state index contributed by atoms with van der Waals surface area (Å²) < 4.78 is 1.92. The summed E-state index contributed by atoms with van der Waals surface area (Å²) in [6.45, 7) is 1.98. The van der Waals surface area contributed by atoms with E-state index in [9.17, 15) is 10.5 Å². The molecule has 1 aliphatic rings. The van der Waals surface area contributed by atoms with Crippen molar-refractivity contribution in [2.24, 2.45) is 5.92 Å². The van der Waals surface area contributed by atoms with Crippen molar-refractivity contribution in [3.05, 3.63) is 48.4 Å². The van der Waals surface area contributed by atoms with Crippen molar-refractivity contribution >= 4 is 10.9 Å². The zero-order valence-corrected chi connectivity index (χ0v) is 16.4. The van der Waals surface area contributed by atoms with Crippen LogP contribution in [0, 0.1) is 35.5 Å². The van der Waals surface area contributed by atoms with Gasteiger partial charge < -0.3 is 0 Å². The predicted molar refractivity (Wildman–Crippen MR) is 110 cm³/mol. The molecule has 0 radical (unpaired) electrons. The van der Waals surface area contributed by atoms with Gasteiger partial charge in [0.25, 0.3) is 0 Å². The first-order chi connectivity index (χ1) is 14.6. The van der Waals surface area contributed by atoms with Gasteiger partial charge in [-0.1, -0.05) is 0 Å². The van der Waals surface area contributed by atoms with Crippen molar-refractivity contribution in [3.8, 4) is 34.9 Å². The van der Waals surface area contributed by atoms with E-state index in [4.69, 9.17) is 10.1 Å². The van der Waals surface area contributed by atoms with E-state index in [2.05, 4.69) is 27.3 Å². The zero-order chi connectivity index (χ0) is 20.7. The molecule has 0 aliphatic heterocycles. The monoisotopic (exact) mass is 394 g/mol. The van der Waals surface area contributed by atoms with E-state index in [1.807, 2.05) is 41.9 Å². The minimum Gasteiger partial charge on any atom is -0.285 e. The van der Waals surface area contributed by atoms with Crippen molar-refractivity contribution in [2.75, 3.05) is 0 Å². The van der Waals surface area contributed by atoms with Gasteiger partial charge in [-0.25, -0.2) is 4.98 Å². The van der Waals surface area contributed by atoms with Crippen LogP contribution in [-0.2, 0) is 5.54 Å². The largest absolute Gasteiger partial charge is 0.285 e. The van der Waals surface area contributed by atoms with Gasteiger partial charge in [-0.3, -0.25) is 14.8 Å². The molecule has 0 unspecified atom stereocenters. The van der Waals surface area contributed by atoms with Crippen LogP contribution in [0.1, 0.15) is 25.0 Å². The summed E-state index contributed by atoms with van der Waals surface area (Å²) in [5, 5.41) is 31.5. The highest BCUT2D eigenvalue weighted by Crippen LogP contribution is 2.47. The van der Waals surface area contributed by atoms with Crippen LogP contribution in [0.15, 0.2) is 42.7 Å². The number of hydrogen-bond donors (Lipinski definition) is 1. The lowest BCUT2D eigenvalue weighted by Crippen LogP contribution is -2.46. The maximum absolute atomic E-state index is 9.38. The number of aromatic nitrogens is 6. The molecular formula is C22H18N8. The second kappa shape index (κ2) is 6.78. The van der Waals surface area contributed by atoms with E-state index in [0.717, 1.165) is 33.7 Å². The Hall–Kier alpha value is -4.04. The lowest BCUT2D eigenvalue weighted by Gasteiger charge is -2.44. The topological polar surface area (TPSA) is 120 Å². The van der Waals surface area contributed by atoms with Gasteiger partial charge in [-0.15, -0.1) is 0 Å². The van der Waals surface area contributed by atoms with E-state index < -0.39 is 5.54 Å². The quantitative estimate of drug-likeness (QED) is 0.563. The Kier molecular flexibility index (Phi) is 4.07. The summed E-state index contributed by atoms with van der Waals surface area (Å²) in [6.07, 6.45) is 5.12. The van der Waals surface area contributed by atoms with Crippen LogP contribution in [0.25, 0.3) is 33.7 Å². The standard InChI is InChI=1S/C22H18N8/c1-14-9-20(29-30(14)22(5-6-23)11-15(12-22)13-24)21-16-3-2-7-25-18(16)10-19(27-21)17-4-8-26-28-17/h2-4,7-10,15H,5,11-12H2,1H3,(H,26,28)/t15-,22+. The van der Waals surface area contributed by atoms with Gasteiger partial charge in [-0.05, 0) is 50.1 Å². The van der Waals surface area contributed by atoms with E-state index in [-0.39, 0.29) is 5.92 Å². The fourth-order valence-corrected chi connectivity index (χ4v) is 4.36. The molecule has 146 valence electrons. The van der Waals surface area contributed by atoms with Crippen molar-refractivity contribution in [1.82, 2.24) is 29.9 Å². The number of nitrogens with one attached hydrogen (secondary N) is 1. The van der Waals surface area contributed by atoms with E-state index >= 15 is 0 Å². The summed E-state index contributed by atoms with van der Waals surface area (Å²) in [5.74, 6) is -0.0310. The van der Waals surface area contributed by atoms with Crippen molar-refractivity contribution < 1.29 is 0 Å². The molecule has 0 saturated heterocycles. The number of aromatic amines is 1. The molecule has 1 saturated carbocycles. The highest BCUT2D eigenvalue weighted by Gasteiger charge is 2.47. The molecule has 0 atom stereocenters. The van der Waals surface area contributed by atoms with Crippen molar-refractivity contribution in [1.29, 1.82) is 10.5 Å². The van der Waals surface area contributed by atoms with Crippen LogP contribution in [-0.4, -0.2) is 29.9 Å². The first-order valence-corrected chi connectivity index (χ1v) is 9.73. The van der Waals surface area contributed by atoms with Crippen molar-refractivity contribution in [2.45, 2.75) is 31.7 Å². The number of H-pyrrole nitrogens is 1. The predicted octanol–water partition coefficient (Wildman–Crippen LogP) is 3.73. The van der Waals surface area contributed by atoms with E-state index in [0.29, 0.717) is 25.0 Å². The van der Waals surface area contributed by atoms with Crippen LogP contribution in [0.3, 0.4) is 0 Å². The Labute approximate surface area is 172 Å². The SMILES string of the molecule is Cc1cc(-c2nc(-c3cc[nH]n3)cc3ncccc23)nn1[C@]1(CC#N)C[C@H](C#N)C1. The average molecular weight is 394 g/mol. The molecule has 4 aromatic heterocycles. The molecule has 8 nitrogen and oxygen atoms in total. The number of aryl methyl sites for hydroxylation is 1. The minimum absolute atomic E-state index is 0.0310. The molecule has 30 heavy (non-hydrogen) atoms. The van der Waals surface area contributed by atoms with Crippen LogP contribution < -0.4 is 0 Å². The zero-order valence-electron chi connectivity index (χ0n) is 16.4. The summed E-state index contributed by atoms with van der Waals surface area (Å²) in [5.41, 5.74) is 4.23. The Balaban J connectivity index is 1.66. The molecule has 1 N–H and O–H groups in total. The van der Waals surface area contributed by atoms with Gasteiger partial charge >= 0.3 is 0 Å². The molecule has 8 heteroatoms. The molecule has 0 amide bonds. The number of pyridine rings is 2. The minimum atomic E-state index is -0.425. The van der Waals surface area contributed by atoms with Gasteiger partial charge in [0.05, 0.1) is 41.2 Å². The summed E-state index contributed by atoms with van der Waals surface area (Å²) >= 11 is 0. The molecule has 0 spiro atoms. The smallest absolute Gasteiger partial charge is 0.112 e. The molecule has 4 aromatic rings. The second-order valence-corrected chi connectivity index (χ2v) is 7.76. The molecule has 1 fully saturated rings. The second-order valence-electron chi connectivity index (χ2n) is 7.76. The third-order valence-electron chi connectivity index (χ3n) is 5.79. The third-order valence-corrected chi connectivity index (χ3v) is 5.79. The number of fused-ring (bicyclic) bond motifs is 1. The average Bonchev–Trinajstić information content (AvgIpc) is 3.40. The Bertz CT molecular complexity index is 1310. The third kappa shape index (κ3) is 2.73. The normalized spacial score (nSPS) is 20.4. The van der Waals surface area contributed by atoms with Gasteiger partial charge in [-0.2, -0.15) is 20.7 Å². The Morgan fingerprint density at radius 3 is 2.80 bits per heavy atom. The molecule has 4 heterocycles. The molecular weight excluding hydrogens is 376 g/mol.